The summed E-state index contributed by atoms with van der Waals surface area (Å²) in [6.45, 7) is 8.12. The highest BCUT2D eigenvalue weighted by Gasteiger charge is 2.12. The molecule has 3 nitrogen and oxygen atoms in total. The third-order valence-corrected chi connectivity index (χ3v) is 4.90. The largest absolute Gasteiger partial charge is 0.325 e. The van der Waals surface area contributed by atoms with Crippen molar-refractivity contribution in [2.24, 2.45) is 0 Å². The van der Waals surface area contributed by atoms with E-state index in [1.165, 1.54) is 18.1 Å². The van der Waals surface area contributed by atoms with E-state index in [4.69, 9.17) is 0 Å². The Labute approximate surface area is 154 Å². The van der Waals surface area contributed by atoms with Crippen LogP contribution in [0.1, 0.15) is 49.2 Å². The average molecular weight is 356 g/mol. The summed E-state index contributed by atoms with van der Waals surface area (Å²) in [5.74, 6) is 1.19. The van der Waals surface area contributed by atoms with E-state index in [2.05, 4.69) is 50.4 Å². The van der Waals surface area contributed by atoms with Gasteiger partial charge in [-0.25, -0.2) is 0 Å². The summed E-state index contributed by atoms with van der Waals surface area (Å²) in [7, 11) is 0. The number of hydrogen-bond donors (Lipinski definition) is 1. The summed E-state index contributed by atoms with van der Waals surface area (Å²) in [5.41, 5.74) is 4.05. The second-order valence-electron chi connectivity index (χ2n) is 7.12. The fourth-order valence-corrected chi connectivity index (χ4v) is 3.14. The maximum absolute atomic E-state index is 12.0. The van der Waals surface area contributed by atoms with Gasteiger partial charge in [0.25, 0.3) is 0 Å². The van der Waals surface area contributed by atoms with Gasteiger partial charge in [0.2, 0.25) is 5.91 Å². The molecule has 0 radical (unpaired) electrons. The number of nitrogens with one attached hydrogen (secondary N) is 1. The molecule has 0 aliphatic carbocycles. The number of amides is 1. The molecule has 0 saturated heterocycles. The van der Waals surface area contributed by atoms with E-state index >= 15 is 0 Å². The van der Waals surface area contributed by atoms with Gasteiger partial charge in [-0.15, -0.1) is 11.8 Å². The molecule has 0 aromatic heterocycles. The van der Waals surface area contributed by atoms with Crippen LogP contribution in [0, 0.1) is 0 Å². The Kier molecular flexibility index (Phi) is 6.43. The Morgan fingerprint density at radius 2 is 1.56 bits per heavy atom. The molecule has 25 heavy (non-hydrogen) atoms. The SMILES string of the molecule is CC(=O)c1ccc(NC(=O)CSCc2ccc(C(C)(C)C)cc2)cc1. The van der Waals surface area contributed by atoms with Gasteiger partial charge < -0.3 is 5.32 Å². The molecule has 0 spiro atoms. The minimum absolute atomic E-state index is 0.0194. The van der Waals surface area contributed by atoms with E-state index in [0.29, 0.717) is 17.0 Å². The van der Waals surface area contributed by atoms with Gasteiger partial charge in [-0.2, -0.15) is 0 Å². The minimum Gasteiger partial charge on any atom is -0.325 e. The predicted molar refractivity (Wildman–Crippen MR) is 106 cm³/mol. The molecule has 1 amide bonds. The van der Waals surface area contributed by atoms with Crippen molar-refractivity contribution in [1.29, 1.82) is 0 Å². The lowest BCUT2D eigenvalue weighted by Gasteiger charge is -2.19. The second kappa shape index (κ2) is 8.34. The van der Waals surface area contributed by atoms with E-state index in [1.54, 1.807) is 36.0 Å². The minimum atomic E-state index is -0.0353. The summed E-state index contributed by atoms with van der Waals surface area (Å²) in [6, 6.07) is 15.5. The van der Waals surface area contributed by atoms with Crippen LogP contribution in [0.2, 0.25) is 0 Å². The molecule has 2 aromatic carbocycles. The zero-order valence-electron chi connectivity index (χ0n) is 15.3. The summed E-state index contributed by atoms with van der Waals surface area (Å²) in [4.78, 5) is 23.2. The van der Waals surface area contributed by atoms with Crippen molar-refractivity contribution in [2.45, 2.75) is 38.9 Å². The van der Waals surface area contributed by atoms with Gasteiger partial charge in [0.15, 0.2) is 5.78 Å². The molecule has 0 atom stereocenters. The first kappa shape index (κ1) is 19.3. The molecule has 0 bridgehead atoms. The summed E-state index contributed by atoms with van der Waals surface area (Å²) < 4.78 is 0. The van der Waals surface area contributed by atoms with Crippen LogP contribution < -0.4 is 5.32 Å². The van der Waals surface area contributed by atoms with Crippen LogP contribution in [0.25, 0.3) is 0 Å². The van der Waals surface area contributed by atoms with Crippen LogP contribution in [-0.2, 0) is 16.0 Å². The van der Waals surface area contributed by atoms with Crippen LogP contribution in [0.4, 0.5) is 5.69 Å². The number of benzene rings is 2. The van der Waals surface area contributed by atoms with Gasteiger partial charge in [-0.3, -0.25) is 9.59 Å². The van der Waals surface area contributed by atoms with Crippen molar-refractivity contribution < 1.29 is 9.59 Å². The van der Waals surface area contributed by atoms with E-state index in [-0.39, 0.29) is 17.1 Å². The Bertz CT molecular complexity index is 728. The van der Waals surface area contributed by atoms with Gasteiger partial charge in [0.05, 0.1) is 5.75 Å². The van der Waals surface area contributed by atoms with Gasteiger partial charge in [0, 0.05) is 17.0 Å². The highest BCUT2D eigenvalue weighted by molar-refractivity contribution is 7.99. The van der Waals surface area contributed by atoms with Crippen molar-refractivity contribution in [3.8, 4) is 0 Å². The number of ketones is 1. The highest BCUT2D eigenvalue weighted by Crippen LogP contribution is 2.23. The molecule has 0 heterocycles. The van der Waals surface area contributed by atoms with Crippen molar-refractivity contribution in [1.82, 2.24) is 0 Å². The molecule has 0 saturated carbocycles. The number of anilines is 1. The molecule has 0 aliphatic rings. The summed E-state index contributed by atoms with van der Waals surface area (Å²) in [5, 5.41) is 2.85. The molecule has 2 aromatic rings. The lowest BCUT2D eigenvalue weighted by Crippen LogP contribution is -2.14. The van der Waals surface area contributed by atoms with Crippen LogP contribution in [0.15, 0.2) is 48.5 Å². The smallest absolute Gasteiger partial charge is 0.234 e. The van der Waals surface area contributed by atoms with E-state index in [0.717, 1.165) is 5.75 Å². The molecule has 0 fully saturated rings. The fraction of sp³-hybridized carbons (Fsp3) is 0.333. The first-order valence-electron chi connectivity index (χ1n) is 8.34. The number of Topliss-reactive ketones (excluding diaryl/α,β-unsaturated/α-hetero) is 1. The Morgan fingerprint density at radius 1 is 0.960 bits per heavy atom. The standard InChI is InChI=1S/C21H25NO2S/c1-15(23)17-7-11-19(12-8-17)22-20(24)14-25-13-16-5-9-18(10-6-16)21(2,3)4/h5-12H,13-14H2,1-4H3,(H,22,24). The molecule has 1 N–H and O–H groups in total. The molecular formula is C21H25NO2S. The van der Waals surface area contributed by atoms with Gasteiger partial charge >= 0.3 is 0 Å². The molecule has 132 valence electrons. The third kappa shape index (κ3) is 6.05. The van der Waals surface area contributed by atoms with Crippen LogP contribution in [-0.4, -0.2) is 17.4 Å². The molecule has 0 unspecified atom stereocenters. The van der Waals surface area contributed by atoms with Gasteiger partial charge in [-0.05, 0) is 47.7 Å². The van der Waals surface area contributed by atoms with Crippen LogP contribution >= 0.6 is 11.8 Å². The molecular weight excluding hydrogens is 330 g/mol. The number of hydrogen-bond acceptors (Lipinski definition) is 3. The van der Waals surface area contributed by atoms with Crippen molar-refractivity contribution in [3.05, 3.63) is 65.2 Å². The van der Waals surface area contributed by atoms with Crippen molar-refractivity contribution in [3.63, 3.8) is 0 Å². The third-order valence-electron chi connectivity index (χ3n) is 3.90. The Balaban J connectivity index is 1.79. The van der Waals surface area contributed by atoms with Crippen molar-refractivity contribution in [2.75, 3.05) is 11.1 Å². The van der Waals surface area contributed by atoms with Gasteiger partial charge in [0.1, 0.15) is 0 Å². The van der Waals surface area contributed by atoms with Crippen LogP contribution in [0.5, 0.6) is 0 Å². The van der Waals surface area contributed by atoms with Gasteiger partial charge in [-0.1, -0.05) is 45.0 Å². The maximum atomic E-state index is 12.0. The fourth-order valence-electron chi connectivity index (χ4n) is 2.35. The zero-order valence-corrected chi connectivity index (χ0v) is 16.1. The summed E-state index contributed by atoms with van der Waals surface area (Å²) in [6.07, 6.45) is 0. The normalized spacial score (nSPS) is 11.2. The number of carbonyl (C=O) groups is 2. The lowest BCUT2D eigenvalue weighted by atomic mass is 9.87. The highest BCUT2D eigenvalue weighted by atomic mass is 32.2. The van der Waals surface area contributed by atoms with Crippen molar-refractivity contribution >= 4 is 29.1 Å². The van der Waals surface area contributed by atoms with E-state index in [1.807, 2.05) is 0 Å². The number of rotatable bonds is 6. The number of thioether (sulfide) groups is 1. The maximum Gasteiger partial charge on any atom is 0.234 e. The quantitative estimate of drug-likeness (QED) is 0.737. The Hall–Kier alpha value is -2.07. The molecule has 2 rings (SSSR count). The molecule has 0 aliphatic heterocycles. The van der Waals surface area contributed by atoms with E-state index < -0.39 is 0 Å². The monoisotopic (exact) mass is 355 g/mol. The number of carbonyl (C=O) groups excluding carboxylic acids is 2. The zero-order chi connectivity index (χ0) is 18.4. The first-order valence-corrected chi connectivity index (χ1v) is 9.49. The topological polar surface area (TPSA) is 46.2 Å². The average Bonchev–Trinajstić information content (AvgIpc) is 2.55. The predicted octanol–water partition coefficient (Wildman–Crippen LogP) is 5.06. The molecule has 4 heteroatoms. The Morgan fingerprint density at radius 3 is 2.08 bits per heavy atom. The lowest BCUT2D eigenvalue weighted by molar-refractivity contribution is -0.113. The van der Waals surface area contributed by atoms with Crippen LogP contribution in [0.3, 0.4) is 0 Å². The van der Waals surface area contributed by atoms with E-state index in [9.17, 15) is 9.59 Å². The first-order chi connectivity index (χ1) is 11.8. The summed E-state index contributed by atoms with van der Waals surface area (Å²) >= 11 is 1.59. The second-order valence-corrected chi connectivity index (χ2v) is 8.11.